The third-order valence-electron chi connectivity index (χ3n) is 6.38. The average molecular weight is 483 g/mol. The van der Waals surface area contributed by atoms with Crippen LogP contribution in [0.1, 0.15) is 51.7 Å². The van der Waals surface area contributed by atoms with Gasteiger partial charge in [-0.15, -0.1) is 11.8 Å². The first kappa shape index (κ1) is 24.8. The first-order valence-electron chi connectivity index (χ1n) is 12.1. The van der Waals surface area contributed by atoms with E-state index in [0.717, 1.165) is 68.9 Å². The molecule has 0 bridgehead atoms. The van der Waals surface area contributed by atoms with Gasteiger partial charge in [-0.05, 0) is 69.0 Å². The lowest BCUT2D eigenvalue weighted by Gasteiger charge is -2.26. The fraction of sp³-hybridized carbons (Fsp3) is 0.481. The number of thioether (sulfide) groups is 1. The molecule has 182 valence electrons. The quantitative estimate of drug-likeness (QED) is 0.380. The molecule has 34 heavy (non-hydrogen) atoms. The first-order chi connectivity index (χ1) is 16.5. The molecule has 7 heteroatoms. The number of carbonyl (C=O) groups excluding carboxylic acids is 2. The van der Waals surface area contributed by atoms with Crippen LogP contribution in [0.4, 0.5) is 5.69 Å². The van der Waals surface area contributed by atoms with Gasteiger partial charge in [-0.25, -0.2) is 4.79 Å². The van der Waals surface area contributed by atoms with E-state index in [-0.39, 0.29) is 17.3 Å². The van der Waals surface area contributed by atoms with Crippen LogP contribution in [0, 0.1) is 13.8 Å². The van der Waals surface area contributed by atoms with Crippen LogP contribution < -0.4 is 4.90 Å². The van der Waals surface area contributed by atoms with Gasteiger partial charge in [-0.2, -0.15) is 0 Å². The molecule has 0 saturated carbocycles. The van der Waals surface area contributed by atoms with Crippen LogP contribution >= 0.6 is 11.8 Å². The van der Waals surface area contributed by atoms with Crippen LogP contribution in [0.15, 0.2) is 42.5 Å². The third kappa shape index (κ3) is 6.20. The zero-order chi connectivity index (χ0) is 23.9. The molecular weight excluding hydrogens is 448 g/mol. The maximum Gasteiger partial charge on any atom is 0.338 e. The van der Waals surface area contributed by atoms with Gasteiger partial charge in [0.15, 0.2) is 0 Å². The number of morpholine rings is 1. The molecule has 2 aromatic rings. The Labute approximate surface area is 206 Å². The van der Waals surface area contributed by atoms with Gasteiger partial charge in [-0.1, -0.05) is 29.8 Å². The van der Waals surface area contributed by atoms with Crippen molar-refractivity contribution in [3.63, 3.8) is 0 Å². The topological polar surface area (TPSA) is 59.1 Å². The molecule has 1 unspecified atom stereocenters. The van der Waals surface area contributed by atoms with E-state index in [9.17, 15) is 9.59 Å². The van der Waals surface area contributed by atoms with Crippen molar-refractivity contribution in [3.8, 4) is 0 Å². The van der Waals surface area contributed by atoms with Crippen LogP contribution in [-0.4, -0.2) is 62.0 Å². The summed E-state index contributed by atoms with van der Waals surface area (Å²) < 4.78 is 10.9. The Morgan fingerprint density at radius 1 is 1.06 bits per heavy atom. The zero-order valence-corrected chi connectivity index (χ0v) is 20.9. The van der Waals surface area contributed by atoms with Gasteiger partial charge in [0.25, 0.3) is 0 Å². The first-order valence-corrected chi connectivity index (χ1v) is 13.2. The third-order valence-corrected chi connectivity index (χ3v) is 7.59. The number of aryl methyl sites for hydroxylation is 2. The van der Waals surface area contributed by atoms with Gasteiger partial charge >= 0.3 is 5.97 Å². The lowest BCUT2D eigenvalue weighted by molar-refractivity contribution is -0.115. The summed E-state index contributed by atoms with van der Waals surface area (Å²) in [4.78, 5) is 29.6. The van der Waals surface area contributed by atoms with Gasteiger partial charge in [0.05, 0.1) is 31.1 Å². The number of hydrogen-bond acceptors (Lipinski definition) is 6. The monoisotopic (exact) mass is 482 g/mol. The normalized spacial score (nSPS) is 18.9. The summed E-state index contributed by atoms with van der Waals surface area (Å²) in [5.74, 6) is 0.235. The van der Waals surface area contributed by atoms with Crippen molar-refractivity contribution in [1.82, 2.24) is 4.90 Å². The van der Waals surface area contributed by atoms with Gasteiger partial charge < -0.3 is 9.47 Å². The summed E-state index contributed by atoms with van der Waals surface area (Å²) in [5.41, 5.74) is 4.58. The van der Waals surface area contributed by atoms with E-state index in [2.05, 4.69) is 36.1 Å². The summed E-state index contributed by atoms with van der Waals surface area (Å²) >= 11 is 1.63. The highest BCUT2D eigenvalue weighted by Gasteiger charge is 2.34. The molecule has 2 heterocycles. The Kier molecular flexibility index (Phi) is 8.64. The van der Waals surface area contributed by atoms with E-state index in [0.29, 0.717) is 17.9 Å². The molecule has 2 aliphatic rings. The molecule has 1 atom stereocenters. The van der Waals surface area contributed by atoms with Crippen LogP contribution in [-0.2, 0) is 14.3 Å². The van der Waals surface area contributed by atoms with Gasteiger partial charge in [0, 0.05) is 18.8 Å². The Hall–Kier alpha value is -2.35. The SMILES string of the molecule is Cc1ccc(C2SCC(=O)N2c2ccc(C(=O)OCCCCCN3CCOCC3)cc2C)cc1. The molecule has 2 saturated heterocycles. The Morgan fingerprint density at radius 3 is 2.56 bits per heavy atom. The fourth-order valence-corrected chi connectivity index (χ4v) is 5.57. The zero-order valence-electron chi connectivity index (χ0n) is 20.1. The predicted octanol–water partition coefficient (Wildman–Crippen LogP) is 4.74. The smallest absolute Gasteiger partial charge is 0.338 e. The number of benzene rings is 2. The number of anilines is 1. The maximum atomic E-state index is 12.7. The largest absolute Gasteiger partial charge is 0.462 e. The minimum absolute atomic E-state index is 0.0536. The summed E-state index contributed by atoms with van der Waals surface area (Å²) in [6.07, 6.45) is 3.01. The number of ether oxygens (including phenoxy) is 2. The van der Waals surface area contributed by atoms with Crippen LogP contribution in [0.3, 0.4) is 0 Å². The Balaban J connectivity index is 1.30. The summed E-state index contributed by atoms with van der Waals surface area (Å²) in [6.45, 7) is 9.19. The van der Waals surface area contributed by atoms with Crippen molar-refractivity contribution in [2.24, 2.45) is 0 Å². The minimum Gasteiger partial charge on any atom is -0.462 e. The van der Waals surface area contributed by atoms with Crippen molar-refractivity contribution in [2.45, 2.75) is 38.5 Å². The summed E-state index contributed by atoms with van der Waals surface area (Å²) in [6, 6.07) is 13.8. The van der Waals surface area contributed by atoms with Crippen molar-refractivity contribution in [2.75, 3.05) is 50.1 Å². The molecular formula is C27H34N2O4S. The molecule has 0 N–H and O–H groups in total. The highest BCUT2D eigenvalue weighted by Crippen LogP contribution is 2.42. The van der Waals surface area contributed by atoms with Gasteiger partial charge in [0.2, 0.25) is 5.91 Å². The number of carbonyl (C=O) groups is 2. The van der Waals surface area contributed by atoms with E-state index < -0.39 is 0 Å². The second kappa shape index (κ2) is 11.9. The van der Waals surface area contributed by atoms with E-state index in [4.69, 9.17) is 9.47 Å². The Bertz CT molecular complexity index is 989. The molecule has 0 aliphatic carbocycles. The van der Waals surface area contributed by atoms with Gasteiger partial charge in [0.1, 0.15) is 5.37 Å². The highest BCUT2D eigenvalue weighted by atomic mass is 32.2. The maximum absolute atomic E-state index is 12.7. The molecule has 2 aliphatic heterocycles. The molecule has 2 fully saturated rings. The number of amides is 1. The minimum atomic E-state index is -0.306. The lowest BCUT2D eigenvalue weighted by Crippen LogP contribution is -2.36. The standard InChI is InChI=1S/C27H34N2O4S/c1-20-6-8-22(9-7-20)26-29(25(30)19-34-26)24-11-10-23(18-21(24)2)27(31)33-15-5-3-4-12-28-13-16-32-17-14-28/h6-11,18,26H,3-5,12-17,19H2,1-2H3. The van der Waals surface area contributed by atoms with Crippen LogP contribution in [0.25, 0.3) is 0 Å². The van der Waals surface area contributed by atoms with Crippen molar-refractivity contribution < 1.29 is 19.1 Å². The molecule has 1 amide bonds. The highest BCUT2D eigenvalue weighted by molar-refractivity contribution is 8.00. The molecule has 4 rings (SSSR count). The number of hydrogen-bond donors (Lipinski definition) is 0. The molecule has 0 radical (unpaired) electrons. The second-order valence-corrected chi connectivity index (χ2v) is 10.1. The van der Waals surface area contributed by atoms with E-state index in [1.807, 2.05) is 24.0 Å². The summed E-state index contributed by atoms with van der Waals surface area (Å²) in [5, 5.41) is -0.0536. The number of esters is 1. The van der Waals surface area contributed by atoms with E-state index in [1.54, 1.807) is 17.8 Å². The van der Waals surface area contributed by atoms with Gasteiger partial charge in [-0.3, -0.25) is 14.6 Å². The van der Waals surface area contributed by atoms with Crippen LogP contribution in [0.2, 0.25) is 0 Å². The van der Waals surface area contributed by atoms with Crippen molar-refractivity contribution in [1.29, 1.82) is 0 Å². The van der Waals surface area contributed by atoms with E-state index in [1.165, 1.54) is 5.56 Å². The second-order valence-electron chi connectivity index (χ2n) is 8.99. The predicted molar refractivity (Wildman–Crippen MR) is 136 cm³/mol. The summed E-state index contributed by atoms with van der Waals surface area (Å²) in [7, 11) is 0. The molecule has 0 aromatic heterocycles. The van der Waals surface area contributed by atoms with Crippen molar-refractivity contribution in [3.05, 3.63) is 64.7 Å². The number of rotatable bonds is 9. The average Bonchev–Trinajstić information content (AvgIpc) is 3.23. The number of unbranched alkanes of at least 4 members (excludes halogenated alkanes) is 2. The Morgan fingerprint density at radius 2 is 1.82 bits per heavy atom. The number of nitrogens with zero attached hydrogens (tertiary/aromatic N) is 2. The molecule has 6 nitrogen and oxygen atoms in total. The van der Waals surface area contributed by atoms with Crippen molar-refractivity contribution >= 4 is 29.3 Å². The van der Waals surface area contributed by atoms with Crippen LogP contribution in [0.5, 0.6) is 0 Å². The molecule has 0 spiro atoms. The molecule has 2 aromatic carbocycles. The lowest BCUT2D eigenvalue weighted by atomic mass is 10.1. The van der Waals surface area contributed by atoms with E-state index >= 15 is 0 Å². The fourth-order valence-electron chi connectivity index (χ4n) is 4.40.